The molecular weight excluding hydrogens is 250 g/mol. The van der Waals surface area contributed by atoms with Crippen molar-refractivity contribution in [3.63, 3.8) is 0 Å². The Morgan fingerprint density at radius 3 is 3.06 bits per heavy atom. The molecule has 1 rings (SSSR count). The number of carbonyl (C=O) groups is 1. The van der Waals surface area contributed by atoms with E-state index in [2.05, 4.69) is 16.6 Å². The summed E-state index contributed by atoms with van der Waals surface area (Å²) < 4.78 is 4.93. The van der Waals surface area contributed by atoms with E-state index in [1.54, 1.807) is 24.8 Å². The van der Waals surface area contributed by atoms with Gasteiger partial charge in [0.1, 0.15) is 5.82 Å². The van der Waals surface area contributed by atoms with Gasteiger partial charge in [-0.25, -0.2) is 9.78 Å². The van der Waals surface area contributed by atoms with Gasteiger partial charge in [0.15, 0.2) is 0 Å². The van der Waals surface area contributed by atoms with E-state index < -0.39 is 5.97 Å². The van der Waals surface area contributed by atoms with Gasteiger partial charge in [-0.2, -0.15) is 11.8 Å². The van der Waals surface area contributed by atoms with Crippen LogP contribution in [-0.4, -0.2) is 36.1 Å². The molecule has 0 aliphatic carbocycles. The summed E-state index contributed by atoms with van der Waals surface area (Å²) in [7, 11) is 0. The molecule has 100 valence electrons. The molecule has 0 saturated carbocycles. The fourth-order valence-electron chi connectivity index (χ4n) is 1.38. The molecule has 1 aromatic heterocycles. The number of nitrogens with one attached hydrogen (secondary N) is 1. The van der Waals surface area contributed by atoms with Crippen molar-refractivity contribution in [1.29, 1.82) is 0 Å². The first kappa shape index (κ1) is 14.6. The Hall–Kier alpha value is -1.43. The smallest absolute Gasteiger partial charge is 0.340 e. The molecule has 1 heterocycles. The predicted octanol–water partition coefficient (Wildman–Crippen LogP) is 2.01. The van der Waals surface area contributed by atoms with Crippen LogP contribution in [0.25, 0.3) is 0 Å². The highest BCUT2D eigenvalue weighted by molar-refractivity contribution is 7.98. The van der Waals surface area contributed by atoms with Gasteiger partial charge >= 0.3 is 5.97 Å². The van der Waals surface area contributed by atoms with E-state index in [9.17, 15) is 4.79 Å². The summed E-state index contributed by atoms with van der Waals surface area (Å²) in [5.74, 6) is 1.32. The number of hydrogen-bond acceptors (Lipinski definition) is 6. The van der Waals surface area contributed by atoms with Crippen molar-refractivity contribution in [2.75, 3.05) is 36.2 Å². The summed E-state index contributed by atoms with van der Waals surface area (Å²) in [6.45, 7) is 2.91. The maximum absolute atomic E-state index is 11.6. The first-order valence-corrected chi connectivity index (χ1v) is 7.23. The Kier molecular flexibility index (Phi) is 6.35. The number of anilines is 2. The molecule has 0 bridgehead atoms. The third-order valence-electron chi connectivity index (χ3n) is 2.26. The normalized spacial score (nSPS) is 10.1. The first-order valence-electron chi connectivity index (χ1n) is 5.84. The zero-order valence-electron chi connectivity index (χ0n) is 10.7. The average Bonchev–Trinajstić information content (AvgIpc) is 2.36. The van der Waals surface area contributed by atoms with Gasteiger partial charge in [-0.05, 0) is 31.4 Å². The maximum Gasteiger partial charge on any atom is 0.340 e. The fraction of sp³-hybridized carbons (Fsp3) is 0.500. The van der Waals surface area contributed by atoms with E-state index in [0.717, 1.165) is 18.7 Å². The fourth-order valence-corrected chi connectivity index (χ4v) is 1.81. The molecule has 1 aromatic rings. The number of thioether (sulfide) groups is 1. The van der Waals surface area contributed by atoms with Gasteiger partial charge in [-0.1, -0.05) is 0 Å². The highest BCUT2D eigenvalue weighted by Crippen LogP contribution is 2.16. The molecule has 3 N–H and O–H groups in total. The minimum atomic E-state index is -0.412. The minimum Gasteiger partial charge on any atom is -0.462 e. The third-order valence-corrected chi connectivity index (χ3v) is 2.96. The van der Waals surface area contributed by atoms with Crippen molar-refractivity contribution < 1.29 is 9.53 Å². The van der Waals surface area contributed by atoms with E-state index in [0.29, 0.717) is 23.7 Å². The number of aromatic nitrogens is 1. The van der Waals surface area contributed by atoms with Crippen molar-refractivity contribution in [3.05, 3.63) is 17.8 Å². The molecule has 0 aliphatic heterocycles. The molecule has 0 aromatic carbocycles. The van der Waals surface area contributed by atoms with Crippen LogP contribution in [0, 0.1) is 0 Å². The van der Waals surface area contributed by atoms with Gasteiger partial charge in [0.2, 0.25) is 0 Å². The molecule has 0 fully saturated rings. The first-order chi connectivity index (χ1) is 8.69. The zero-order chi connectivity index (χ0) is 13.4. The molecule has 5 nitrogen and oxygen atoms in total. The quantitative estimate of drug-likeness (QED) is 0.582. The highest BCUT2D eigenvalue weighted by Gasteiger charge is 2.12. The Balaban J connectivity index is 2.65. The number of carbonyl (C=O) groups excluding carboxylic acids is 1. The molecule has 6 heteroatoms. The Labute approximate surface area is 111 Å². The molecule has 0 atom stereocenters. The largest absolute Gasteiger partial charge is 0.462 e. The lowest BCUT2D eigenvalue weighted by Gasteiger charge is -2.09. The monoisotopic (exact) mass is 269 g/mol. The highest BCUT2D eigenvalue weighted by atomic mass is 32.2. The molecule has 0 aliphatic rings. The topological polar surface area (TPSA) is 77.2 Å². The molecule has 0 amide bonds. The number of hydrogen-bond donors (Lipinski definition) is 2. The predicted molar refractivity (Wildman–Crippen MR) is 76.1 cm³/mol. The summed E-state index contributed by atoms with van der Waals surface area (Å²) in [4.78, 5) is 15.8. The van der Waals surface area contributed by atoms with Crippen molar-refractivity contribution in [1.82, 2.24) is 4.98 Å². The van der Waals surface area contributed by atoms with Crippen LogP contribution in [0.3, 0.4) is 0 Å². The maximum atomic E-state index is 11.6. The van der Waals surface area contributed by atoms with E-state index in [1.807, 2.05) is 0 Å². The number of esters is 1. The van der Waals surface area contributed by atoms with E-state index in [-0.39, 0.29) is 0 Å². The second-order valence-corrected chi connectivity index (χ2v) is 4.64. The SMILES string of the molecule is CCOC(=O)c1cc(NCCCSC)ncc1N. The summed E-state index contributed by atoms with van der Waals surface area (Å²) >= 11 is 1.80. The molecular formula is C12H19N3O2S. The zero-order valence-corrected chi connectivity index (χ0v) is 11.5. The van der Waals surface area contributed by atoms with Crippen LogP contribution in [0.1, 0.15) is 23.7 Å². The molecule has 0 unspecified atom stereocenters. The lowest BCUT2D eigenvalue weighted by Crippen LogP contribution is -2.11. The summed E-state index contributed by atoms with van der Waals surface area (Å²) in [5, 5.41) is 3.16. The van der Waals surface area contributed by atoms with Crippen LogP contribution in [0.5, 0.6) is 0 Å². The molecule has 0 radical (unpaired) electrons. The lowest BCUT2D eigenvalue weighted by atomic mass is 10.2. The van der Waals surface area contributed by atoms with E-state index in [4.69, 9.17) is 10.5 Å². The van der Waals surface area contributed by atoms with Crippen molar-refractivity contribution in [2.24, 2.45) is 0 Å². The molecule has 18 heavy (non-hydrogen) atoms. The Morgan fingerprint density at radius 1 is 1.61 bits per heavy atom. The Morgan fingerprint density at radius 2 is 2.39 bits per heavy atom. The van der Waals surface area contributed by atoms with Crippen molar-refractivity contribution in [2.45, 2.75) is 13.3 Å². The summed E-state index contributed by atoms with van der Waals surface area (Å²) in [6.07, 6.45) is 4.59. The van der Waals surface area contributed by atoms with Gasteiger partial charge in [-0.3, -0.25) is 0 Å². The van der Waals surface area contributed by atoms with Gasteiger partial charge in [-0.15, -0.1) is 0 Å². The van der Waals surface area contributed by atoms with E-state index in [1.165, 1.54) is 6.20 Å². The van der Waals surface area contributed by atoms with Gasteiger partial charge in [0, 0.05) is 6.54 Å². The van der Waals surface area contributed by atoms with Gasteiger partial charge in [0.25, 0.3) is 0 Å². The number of nitrogens with two attached hydrogens (primary N) is 1. The lowest BCUT2D eigenvalue weighted by molar-refractivity contribution is 0.0527. The van der Waals surface area contributed by atoms with Crippen LogP contribution in [0.4, 0.5) is 11.5 Å². The summed E-state index contributed by atoms with van der Waals surface area (Å²) in [5.41, 5.74) is 6.40. The van der Waals surface area contributed by atoms with Crippen LogP contribution in [-0.2, 0) is 4.74 Å². The van der Waals surface area contributed by atoms with Gasteiger partial charge in [0.05, 0.1) is 24.1 Å². The number of nitrogens with zero attached hydrogens (tertiary/aromatic N) is 1. The second-order valence-electron chi connectivity index (χ2n) is 3.65. The van der Waals surface area contributed by atoms with E-state index >= 15 is 0 Å². The van der Waals surface area contributed by atoms with Crippen molar-refractivity contribution in [3.8, 4) is 0 Å². The average molecular weight is 269 g/mol. The second kappa shape index (κ2) is 7.81. The number of ether oxygens (including phenoxy) is 1. The Bertz CT molecular complexity index is 399. The third kappa shape index (κ3) is 4.44. The molecule has 0 spiro atoms. The number of pyridine rings is 1. The number of rotatable bonds is 7. The van der Waals surface area contributed by atoms with Crippen LogP contribution in [0.15, 0.2) is 12.3 Å². The van der Waals surface area contributed by atoms with Crippen molar-refractivity contribution >= 4 is 29.2 Å². The molecule has 0 saturated heterocycles. The van der Waals surface area contributed by atoms with Gasteiger partial charge < -0.3 is 15.8 Å². The summed E-state index contributed by atoms with van der Waals surface area (Å²) in [6, 6.07) is 1.63. The van der Waals surface area contributed by atoms with Crippen LogP contribution < -0.4 is 11.1 Å². The minimum absolute atomic E-state index is 0.330. The standard InChI is InChI=1S/C12H19N3O2S/c1-3-17-12(16)9-7-11(15-8-10(9)13)14-5-4-6-18-2/h7-8H,3-6,13H2,1-2H3,(H,14,15). The van der Waals surface area contributed by atoms with Crippen LogP contribution in [0.2, 0.25) is 0 Å². The number of nitrogen functional groups attached to an aromatic ring is 1. The van der Waals surface area contributed by atoms with Crippen LogP contribution >= 0.6 is 11.8 Å².